The van der Waals surface area contributed by atoms with Crippen molar-refractivity contribution in [3.8, 4) is 0 Å². The molecule has 8 heteroatoms. The second-order valence-corrected chi connectivity index (χ2v) is 7.86. The van der Waals surface area contributed by atoms with Crippen LogP contribution in [-0.4, -0.2) is 56.1 Å². The van der Waals surface area contributed by atoms with Crippen molar-refractivity contribution in [1.29, 1.82) is 0 Å². The van der Waals surface area contributed by atoms with E-state index in [-0.39, 0.29) is 12.3 Å². The summed E-state index contributed by atoms with van der Waals surface area (Å²) in [6, 6.07) is -0.511. The first kappa shape index (κ1) is 22.2. The third-order valence-electron chi connectivity index (χ3n) is 3.98. The summed E-state index contributed by atoms with van der Waals surface area (Å²) in [4.78, 5) is 36.3. The van der Waals surface area contributed by atoms with Crippen LogP contribution < -0.4 is 5.32 Å². The number of hydrogen-bond acceptors (Lipinski definition) is 7. The number of carbonyl (C=O) groups excluding carboxylic acids is 3. The van der Waals surface area contributed by atoms with Gasteiger partial charge in [0.05, 0.1) is 32.3 Å². The number of amides is 1. The van der Waals surface area contributed by atoms with Crippen LogP contribution in [0.15, 0.2) is 0 Å². The molecular formula is C18H31NO7. The van der Waals surface area contributed by atoms with E-state index in [1.807, 2.05) is 13.8 Å². The van der Waals surface area contributed by atoms with Crippen LogP contribution in [0.5, 0.6) is 0 Å². The predicted molar refractivity (Wildman–Crippen MR) is 93.4 cm³/mol. The molecule has 1 heterocycles. The number of hydrogen-bond donors (Lipinski definition) is 1. The summed E-state index contributed by atoms with van der Waals surface area (Å²) < 4.78 is 20.7. The number of nitrogens with one attached hydrogen (secondary N) is 1. The molecule has 4 atom stereocenters. The fourth-order valence-electron chi connectivity index (χ4n) is 2.99. The average Bonchev–Trinajstić information content (AvgIpc) is 2.95. The number of carbonyl (C=O) groups is 3. The highest BCUT2D eigenvalue weighted by atomic mass is 16.6. The Bertz CT molecular complexity index is 512. The number of ether oxygens (including phenoxy) is 4. The Morgan fingerprint density at radius 1 is 1.12 bits per heavy atom. The van der Waals surface area contributed by atoms with Crippen molar-refractivity contribution in [1.82, 2.24) is 5.32 Å². The highest BCUT2D eigenvalue weighted by Gasteiger charge is 2.48. The van der Waals surface area contributed by atoms with Gasteiger partial charge in [0.2, 0.25) is 0 Å². The van der Waals surface area contributed by atoms with Gasteiger partial charge in [-0.15, -0.1) is 0 Å². The Morgan fingerprint density at radius 2 is 1.69 bits per heavy atom. The first-order valence-corrected chi connectivity index (χ1v) is 8.79. The minimum Gasteiger partial charge on any atom is -0.469 e. The lowest BCUT2D eigenvalue weighted by Crippen LogP contribution is -2.49. The van der Waals surface area contributed by atoms with E-state index in [2.05, 4.69) is 5.32 Å². The van der Waals surface area contributed by atoms with Crippen molar-refractivity contribution < 1.29 is 33.3 Å². The van der Waals surface area contributed by atoms with Crippen LogP contribution in [0.3, 0.4) is 0 Å². The molecule has 0 aromatic rings. The molecule has 4 unspecified atom stereocenters. The molecule has 0 bridgehead atoms. The van der Waals surface area contributed by atoms with E-state index in [9.17, 15) is 14.4 Å². The molecule has 0 saturated carbocycles. The third-order valence-corrected chi connectivity index (χ3v) is 3.98. The Hall–Kier alpha value is -1.83. The minimum absolute atomic E-state index is 0.147. The summed E-state index contributed by atoms with van der Waals surface area (Å²) in [5, 5.41) is 2.79. The average molecular weight is 373 g/mol. The molecule has 1 saturated heterocycles. The van der Waals surface area contributed by atoms with Crippen LogP contribution in [0.1, 0.15) is 47.5 Å². The monoisotopic (exact) mass is 373 g/mol. The van der Waals surface area contributed by atoms with Crippen molar-refractivity contribution in [2.75, 3.05) is 14.2 Å². The number of alkyl carbamates (subject to hydrolysis) is 1. The summed E-state index contributed by atoms with van der Waals surface area (Å²) >= 11 is 0. The maximum atomic E-state index is 12.2. The molecular weight excluding hydrogens is 342 g/mol. The van der Waals surface area contributed by atoms with Gasteiger partial charge in [0.25, 0.3) is 0 Å². The summed E-state index contributed by atoms with van der Waals surface area (Å²) in [6.07, 6.45) is -1.48. The van der Waals surface area contributed by atoms with E-state index < -0.39 is 47.8 Å². The van der Waals surface area contributed by atoms with Crippen LogP contribution >= 0.6 is 0 Å². The SMILES string of the molecule is COC(=O)C1CC(C(=O)OC)C(C(CC(C)C)NC(=O)OC(C)(C)C)O1. The minimum atomic E-state index is -0.871. The quantitative estimate of drug-likeness (QED) is 0.562. The van der Waals surface area contributed by atoms with E-state index in [1.165, 1.54) is 14.2 Å². The maximum absolute atomic E-state index is 12.2. The van der Waals surface area contributed by atoms with Crippen molar-refractivity contribution in [3.05, 3.63) is 0 Å². The fourth-order valence-corrected chi connectivity index (χ4v) is 2.99. The molecule has 26 heavy (non-hydrogen) atoms. The van der Waals surface area contributed by atoms with E-state index in [0.717, 1.165) is 0 Å². The first-order chi connectivity index (χ1) is 12.0. The highest BCUT2D eigenvalue weighted by molar-refractivity contribution is 5.79. The molecule has 0 aromatic heterocycles. The zero-order chi connectivity index (χ0) is 20.1. The molecule has 1 rings (SSSR count). The molecule has 0 aliphatic carbocycles. The zero-order valence-corrected chi connectivity index (χ0v) is 16.7. The Kier molecular flexibility index (Phi) is 7.87. The Labute approximate surface area is 154 Å². The Morgan fingerprint density at radius 3 is 2.15 bits per heavy atom. The fraction of sp³-hybridized carbons (Fsp3) is 0.833. The highest BCUT2D eigenvalue weighted by Crippen LogP contribution is 2.32. The molecule has 1 aliphatic heterocycles. The maximum Gasteiger partial charge on any atom is 0.407 e. The smallest absolute Gasteiger partial charge is 0.407 e. The zero-order valence-electron chi connectivity index (χ0n) is 16.7. The van der Waals surface area contributed by atoms with Gasteiger partial charge in [0.15, 0.2) is 6.10 Å². The second kappa shape index (κ2) is 9.21. The molecule has 1 aliphatic rings. The van der Waals surface area contributed by atoms with E-state index in [0.29, 0.717) is 6.42 Å². The van der Waals surface area contributed by atoms with Gasteiger partial charge < -0.3 is 24.3 Å². The van der Waals surface area contributed by atoms with Gasteiger partial charge >= 0.3 is 18.0 Å². The van der Waals surface area contributed by atoms with Crippen LogP contribution in [0, 0.1) is 11.8 Å². The van der Waals surface area contributed by atoms with E-state index in [1.54, 1.807) is 20.8 Å². The van der Waals surface area contributed by atoms with Crippen molar-refractivity contribution in [2.45, 2.75) is 71.3 Å². The summed E-state index contributed by atoms with van der Waals surface area (Å²) in [5.74, 6) is -1.50. The van der Waals surface area contributed by atoms with Gasteiger partial charge in [-0.25, -0.2) is 9.59 Å². The lowest BCUT2D eigenvalue weighted by molar-refractivity contribution is -0.155. The van der Waals surface area contributed by atoms with Crippen LogP contribution in [0.2, 0.25) is 0 Å². The molecule has 0 spiro atoms. The second-order valence-electron chi connectivity index (χ2n) is 7.86. The van der Waals surface area contributed by atoms with Gasteiger partial charge in [0.1, 0.15) is 5.60 Å². The molecule has 150 valence electrons. The molecule has 0 radical (unpaired) electrons. The summed E-state index contributed by atoms with van der Waals surface area (Å²) in [5.41, 5.74) is -0.653. The van der Waals surface area contributed by atoms with Gasteiger partial charge in [-0.3, -0.25) is 4.79 Å². The van der Waals surface area contributed by atoms with Crippen molar-refractivity contribution in [2.24, 2.45) is 11.8 Å². The topological polar surface area (TPSA) is 100 Å². The molecule has 1 N–H and O–H groups in total. The van der Waals surface area contributed by atoms with Gasteiger partial charge in [0, 0.05) is 6.42 Å². The van der Waals surface area contributed by atoms with Gasteiger partial charge in [-0.05, 0) is 33.1 Å². The Balaban J connectivity index is 3.01. The largest absolute Gasteiger partial charge is 0.469 e. The summed E-state index contributed by atoms with van der Waals surface area (Å²) in [6.45, 7) is 9.27. The number of methoxy groups -OCH3 is 2. The van der Waals surface area contributed by atoms with Crippen LogP contribution in [0.4, 0.5) is 4.79 Å². The van der Waals surface area contributed by atoms with Crippen molar-refractivity contribution >= 4 is 18.0 Å². The third kappa shape index (κ3) is 6.48. The molecule has 0 aromatic carbocycles. The predicted octanol–water partition coefficient (Wildman–Crippen LogP) is 2.05. The number of esters is 2. The van der Waals surface area contributed by atoms with Gasteiger partial charge in [-0.2, -0.15) is 0 Å². The van der Waals surface area contributed by atoms with Crippen molar-refractivity contribution in [3.63, 3.8) is 0 Å². The van der Waals surface area contributed by atoms with Crippen LogP contribution in [-0.2, 0) is 28.5 Å². The normalized spacial score (nSPS) is 24.1. The van der Waals surface area contributed by atoms with Crippen LogP contribution in [0.25, 0.3) is 0 Å². The molecule has 8 nitrogen and oxygen atoms in total. The molecule has 1 fully saturated rings. The lowest BCUT2D eigenvalue weighted by Gasteiger charge is -2.30. The van der Waals surface area contributed by atoms with E-state index in [4.69, 9.17) is 18.9 Å². The summed E-state index contributed by atoms with van der Waals surface area (Å²) in [7, 11) is 2.54. The molecule has 1 amide bonds. The number of rotatable bonds is 6. The first-order valence-electron chi connectivity index (χ1n) is 8.79. The van der Waals surface area contributed by atoms with Gasteiger partial charge in [-0.1, -0.05) is 13.8 Å². The standard InChI is InChI=1S/C18H31NO7/c1-10(2)8-12(19-17(22)26-18(3,4)5)14-11(15(20)23-6)9-13(25-14)16(21)24-7/h10-14H,8-9H2,1-7H3,(H,19,22). The lowest BCUT2D eigenvalue weighted by atomic mass is 9.90. The van der Waals surface area contributed by atoms with E-state index >= 15 is 0 Å².